The molecule has 0 saturated carbocycles. The number of carboxylic acid groups (broad SMARTS) is 1. The standard InChI is InChI=1S/C14H13NO4/c16-14(17)12-7-13(19-15-12)10-3-1-9(2-4-10)11-5-6-18-8-11/h1-4,7,11H,5-6,8H2,(H,16,17). The molecule has 1 aliphatic rings. The van der Waals surface area contributed by atoms with Crippen LogP contribution < -0.4 is 0 Å². The van der Waals surface area contributed by atoms with Gasteiger partial charge in [0.25, 0.3) is 0 Å². The third-order valence-electron chi connectivity index (χ3n) is 3.33. The van der Waals surface area contributed by atoms with Gasteiger partial charge in [-0.15, -0.1) is 0 Å². The van der Waals surface area contributed by atoms with Gasteiger partial charge in [0.05, 0.1) is 6.61 Å². The molecule has 5 heteroatoms. The first kappa shape index (κ1) is 11.9. The van der Waals surface area contributed by atoms with Crippen molar-refractivity contribution >= 4 is 5.97 Å². The lowest BCUT2D eigenvalue weighted by Crippen LogP contribution is -1.96. The minimum Gasteiger partial charge on any atom is -0.476 e. The summed E-state index contributed by atoms with van der Waals surface area (Å²) in [5.41, 5.74) is 1.98. The highest BCUT2D eigenvalue weighted by Crippen LogP contribution is 2.28. The van der Waals surface area contributed by atoms with Gasteiger partial charge < -0.3 is 14.4 Å². The molecule has 1 atom stereocenters. The van der Waals surface area contributed by atoms with Crippen molar-refractivity contribution in [3.05, 3.63) is 41.6 Å². The van der Waals surface area contributed by atoms with Crippen molar-refractivity contribution in [1.82, 2.24) is 5.16 Å². The molecule has 1 aromatic heterocycles. The Morgan fingerprint density at radius 3 is 2.68 bits per heavy atom. The van der Waals surface area contributed by atoms with Crippen molar-refractivity contribution in [3.63, 3.8) is 0 Å². The molecular weight excluding hydrogens is 246 g/mol. The van der Waals surface area contributed by atoms with Crippen LogP contribution in [-0.4, -0.2) is 29.4 Å². The van der Waals surface area contributed by atoms with Crippen LogP contribution in [0.1, 0.15) is 28.4 Å². The summed E-state index contributed by atoms with van der Waals surface area (Å²) in [7, 11) is 0. The highest BCUT2D eigenvalue weighted by molar-refractivity contribution is 5.86. The molecule has 2 heterocycles. The second-order valence-electron chi connectivity index (χ2n) is 4.56. The summed E-state index contributed by atoms with van der Waals surface area (Å²) in [6.07, 6.45) is 1.05. The van der Waals surface area contributed by atoms with Gasteiger partial charge in [-0.25, -0.2) is 4.79 Å². The quantitative estimate of drug-likeness (QED) is 0.917. The lowest BCUT2D eigenvalue weighted by Gasteiger charge is -2.07. The summed E-state index contributed by atoms with van der Waals surface area (Å²) in [5.74, 6) is -0.167. The van der Waals surface area contributed by atoms with E-state index in [2.05, 4.69) is 5.16 Å². The largest absolute Gasteiger partial charge is 0.476 e. The molecule has 3 rings (SSSR count). The first-order valence-corrected chi connectivity index (χ1v) is 6.12. The van der Waals surface area contributed by atoms with Gasteiger partial charge in [0, 0.05) is 24.2 Å². The van der Waals surface area contributed by atoms with E-state index in [1.807, 2.05) is 24.3 Å². The Morgan fingerprint density at radius 1 is 1.32 bits per heavy atom. The third kappa shape index (κ3) is 2.37. The first-order valence-electron chi connectivity index (χ1n) is 6.12. The molecule has 2 aromatic rings. The van der Waals surface area contributed by atoms with Gasteiger partial charge in [-0.2, -0.15) is 0 Å². The van der Waals surface area contributed by atoms with Crippen molar-refractivity contribution in [1.29, 1.82) is 0 Å². The van der Waals surface area contributed by atoms with Crippen molar-refractivity contribution < 1.29 is 19.2 Å². The van der Waals surface area contributed by atoms with E-state index in [-0.39, 0.29) is 5.69 Å². The number of carbonyl (C=O) groups is 1. The lowest BCUT2D eigenvalue weighted by atomic mass is 9.97. The molecule has 19 heavy (non-hydrogen) atoms. The Morgan fingerprint density at radius 2 is 2.11 bits per heavy atom. The predicted octanol–water partition coefficient (Wildman–Crippen LogP) is 2.54. The minimum absolute atomic E-state index is 0.0803. The summed E-state index contributed by atoms with van der Waals surface area (Å²) >= 11 is 0. The van der Waals surface area contributed by atoms with Gasteiger partial charge in [0.2, 0.25) is 0 Å². The SMILES string of the molecule is O=C(O)c1cc(-c2ccc(C3CCOC3)cc2)on1. The average molecular weight is 259 g/mol. The van der Waals surface area contributed by atoms with E-state index >= 15 is 0 Å². The molecule has 1 unspecified atom stereocenters. The van der Waals surface area contributed by atoms with Crippen LogP contribution in [0.15, 0.2) is 34.9 Å². The number of aromatic nitrogens is 1. The van der Waals surface area contributed by atoms with Crippen LogP contribution in [0.4, 0.5) is 0 Å². The van der Waals surface area contributed by atoms with Gasteiger partial charge in [-0.05, 0) is 12.0 Å². The Kier molecular flexibility index (Phi) is 3.05. The Bertz CT molecular complexity index is 582. The molecule has 0 bridgehead atoms. The van der Waals surface area contributed by atoms with Gasteiger partial charge in [0.15, 0.2) is 11.5 Å². The van der Waals surface area contributed by atoms with Crippen LogP contribution in [0.25, 0.3) is 11.3 Å². The highest BCUT2D eigenvalue weighted by atomic mass is 16.5. The zero-order chi connectivity index (χ0) is 13.2. The Labute approximate surface area is 109 Å². The van der Waals surface area contributed by atoms with Crippen LogP contribution in [0, 0.1) is 0 Å². The number of ether oxygens (including phenoxy) is 1. The maximum absolute atomic E-state index is 10.7. The van der Waals surface area contributed by atoms with Crippen molar-refractivity contribution in [3.8, 4) is 11.3 Å². The fourth-order valence-electron chi connectivity index (χ4n) is 2.23. The van der Waals surface area contributed by atoms with E-state index < -0.39 is 5.97 Å². The maximum atomic E-state index is 10.7. The van der Waals surface area contributed by atoms with E-state index in [0.717, 1.165) is 25.2 Å². The first-order chi connectivity index (χ1) is 9.24. The summed E-state index contributed by atoms with van der Waals surface area (Å²) in [6, 6.07) is 9.31. The molecular formula is C14H13NO4. The fraction of sp³-hybridized carbons (Fsp3) is 0.286. The fourth-order valence-corrected chi connectivity index (χ4v) is 2.23. The Balaban J connectivity index is 1.82. The number of rotatable bonds is 3. The van der Waals surface area contributed by atoms with Crippen molar-refractivity contribution in [2.24, 2.45) is 0 Å². The molecule has 5 nitrogen and oxygen atoms in total. The zero-order valence-electron chi connectivity index (χ0n) is 10.2. The predicted molar refractivity (Wildman–Crippen MR) is 67.1 cm³/mol. The molecule has 0 aliphatic carbocycles. The molecule has 1 N–H and O–H groups in total. The third-order valence-corrected chi connectivity index (χ3v) is 3.33. The topological polar surface area (TPSA) is 72.6 Å². The Hall–Kier alpha value is -2.14. The van der Waals surface area contributed by atoms with E-state index in [1.165, 1.54) is 11.6 Å². The number of aromatic carboxylic acids is 1. The van der Waals surface area contributed by atoms with Crippen LogP contribution in [0.2, 0.25) is 0 Å². The summed E-state index contributed by atoms with van der Waals surface area (Å²) < 4.78 is 10.4. The molecule has 1 aliphatic heterocycles. The molecule has 1 aromatic carbocycles. The summed E-state index contributed by atoms with van der Waals surface area (Å²) in [5, 5.41) is 12.3. The number of hydrogen-bond donors (Lipinski definition) is 1. The minimum atomic E-state index is -1.09. The van der Waals surface area contributed by atoms with Crippen LogP contribution >= 0.6 is 0 Å². The zero-order valence-corrected chi connectivity index (χ0v) is 10.2. The smallest absolute Gasteiger partial charge is 0.358 e. The molecule has 0 radical (unpaired) electrons. The molecule has 1 saturated heterocycles. The lowest BCUT2D eigenvalue weighted by molar-refractivity contribution is 0.0686. The van der Waals surface area contributed by atoms with E-state index in [1.54, 1.807) is 0 Å². The van der Waals surface area contributed by atoms with Crippen LogP contribution in [-0.2, 0) is 4.74 Å². The van der Waals surface area contributed by atoms with Gasteiger partial charge in [-0.1, -0.05) is 29.4 Å². The van der Waals surface area contributed by atoms with Crippen molar-refractivity contribution in [2.45, 2.75) is 12.3 Å². The number of nitrogens with zero attached hydrogens (tertiary/aromatic N) is 1. The molecule has 0 amide bonds. The van der Waals surface area contributed by atoms with Crippen molar-refractivity contribution in [2.75, 3.05) is 13.2 Å². The number of hydrogen-bond acceptors (Lipinski definition) is 4. The van der Waals surface area contributed by atoms with Gasteiger partial charge >= 0.3 is 5.97 Å². The molecule has 98 valence electrons. The molecule has 0 spiro atoms. The van der Waals surface area contributed by atoms with E-state index in [0.29, 0.717) is 11.7 Å². The monoisotopic (exact) mass is 259 g/mol. The van der Waals surface area contributed by atoms with E-state index in [4.69, 9.17) is 14.4 Å². The van der Waals surface area contributed by atoms with Gasteiger partial charge in [0.1, 0.15) is 0 Å². The molecule has 1 fully saturated rings. The second kappa shape index (κ2) is 4.85. The average Bonchev–Trinajstić information content (AvgIpc) is 3.11. The summed E-state index contributed by atoms with van der Waals surface area (Å²) in [4.78, 5) is 10.7. The van der Waals surface area contributed by atoms with E-state index in [9.17, 15) is 4.79 Å². The van der Waals surface area contributed by atoms with Gasteiger partial charge in [-0.3, -0.25) is 0 Å². The van der Waals surface area contributed by atoms with Crippen LogP contribution in [0.3, 0.4) is 0 Å². The number of carboxylic acids is 1. The number of benzene rings is 1. The maximum Gasteiger partial charge on any atom is 0.358 e. The second-order valence-corrected chi connectivity index (χ2v) is 4.56. The normalized spacial score (nSPS) is 18.6. The highest BCUT2D eigenvalue weighted by Gasteiger charge is 2.18. The summed E-state index contributed by atoms with van der Waals surface area (Å²) in [6.45, 7) is 1.58. The van der Waals surface area contributed by atoms with Crippen LogP contribution in [0.5, 0.6) is 0 Å².